The van der Waals surface area contributed by atoms with Gasteiger partial charge in [0.1, 0.15) is 11.4 Å². The normalized spacial score (nSPS) is 12.3. The number of aryl methyl sites for hydroxylation is 1. The van der Waals surface area contributed by atoms with Crippen molar-refractivity contribution in [1.82, 2.24) is 14.5 Å². The summed E-state index contributed by atoms with van der Waals surface area (Å²) in [4.78, 5) is 9.39. The van der Waals surface area contributed by atoms with Crippen LogP contribution in [0.1, 0.15) is 63.3 Å². The number of amidine groups is 1. The Kier molecular flexibility index (Phi) is 7.83. The number of pyridine rings is 1. The van der Waals surface area contributed by atoms with Gasteiger partial charge in [0.05, 0.1) is 30.8 Å². The fourth-order valence-electron chi connectivity index (χ4n) is 3.42. The van der Waals surface area contributed by atoms with Crippen LogP contribution in [0.15, 0.2) is 30.3 Å². The third-order valence-electron chi connectivity index (χ3n) is 6.59. The lowest BCUT2D eigenvalue weighted by Crippen LogP contribution is -2.40. The van der Waals surface area contributed by atoms with Crippen molar-refractivity contribution in [2.24, 2.45) is 5.73 Å². The van der Waals surface area contributed by atoms with E-state index in [9.17, 15) is 0 Å². The van der Waals surface area contributed by atoms with Crippen LogP contribution in [-0.2, 0) is 17.6 Å². The number of imidazole rings is 1. The smallest absolute Gasteiger partial charge is 0.192 e. The van der Waals surface area contributed by atoms with E-state index in [1.165, 1.54) is 0 Å². The molecule has 3 N–H and O–H groups in total. The van der Waals surface area contributed by atoms with Crippen molar-refractivity contribution < 1.29 is 9.16 Å². The lowest BCUT2D eigenvalue weighted by atomic mass is 10.2. The zero-order chi connectivity index (χ0) is 25.1. The molecule has 0 fully saturated rings. The van der Waals surface area contributed by atoms with Crippen molar-refractivity contribution in [3.63, 3.8) is 0 Å². The maximum Gasteiger partial charge on any atom is 0.192 e. The van der Waals surface area contributed by atoms with Crippen LogP contribution in [0.3, 0.4) is 0 Å². The van der Waals surface area contributed by atoms with Gasteiger partial charge in [0.25, 0.3) is 0 Å². The third kappa shape index (κ3) is 5.85. The molecule has 0 bridgehead atoms. The summed E-state index contributed by atoms with van der Waals surface area (Å²) in [5, 5.41) is 8.26. The SMILES string of the molecule is CCCCOc1ccc(C)nc1Cn1c(C(=N)N)nc2ccc(CO[Si](C)(C)C(C)(C)C)cc21. The number of aromatic nitrogens is 3. The van der Waals surface area contributed by atoms with E-state index in [1.54, 1.807) is 0 Å². The molecule has 184 valence electrons. The monoisotopic (exact) mass is 481 g/mol. The summed E-state index contributed by atoms with van der Waals surface area (Å²) in [5.74, 6) is 1.12. The van der Waals surface area contributed by atoms with Gasteiger partial charge in [-0.1, -0.05) is 40.2 Å². The highest BCUT2D eigenvalue weighted by Crippen LogP contribution is 2.37. The minimum Gasteiger partial charge on any atom is -0.492 e. The highest BCUT2D eigenvalue weighted by Gasteiger charge is 2.37. The van der Waals surface area contributed by atoms with E-state index in [2.05, 4.69) is 51.8 Å². The van der Waals surface area contributed by atoms with Crippen LogP contribution in [0.4, 0.5) is 0 Å². The molecule has 0 unspecified atom stereocenters. The summed E-state index contributed by atoms with van der Waals surface area (Å²) < 4.78 is 14.4. The number of hydrogen-bond donors (Lipinski definition) is 2. The van der Waals surface area contributed by atoms with Gasteiger partial charge in [-0.2, -0.15) is 0 Å². The largest absolute Gasteiger partial charge is 0.492 e. The first kappa shape index (κ1) is 25.9. The molecule has 0 atom stereocenters. The van der Waals surface area contributed by atoms with Crippen LogP contribution in [0, 0.1) is 12.3 Å². The van der Waals surface area contributed by atoms with E-state index in [0.29, 0.717) is 25.6 Å². The molecular formula is C26H39N5O2Si. The first-order valence-electron chi connectivity index (χ1n) is 12.0. The summed E-state index contributed by atoms with van der Waals surface area (Å²) >= 11 is 0. The van der Waals surface area contributed by atoms with Crippen molar-refractivity contribution in [3.8, 4) is 5.75 Å². The Labute approximate surface area is 204 Å². The molecular weight excluding hydrogens is 442 g/mol. The molecule has 0 aliphatic carbocycles. The summed E-state index contributed by atoms with van der Waals surface area (Å²) in [5.41, 5.74) is 10.4. The first-order valence-corrected chi connectivity index (χ1v) is 14.9. The van der Waals surface area contributed by atoms with Crippen molar-refractivity contribution >= 4 is 25.2 Å². The predicted molar refractivity (Wildman–Crippen MR) is 141 cm³/mol. The van der Waals surface area contributed by atoms with Gasteiger partial charge in [-0.3, -0.25) is 10.4 Å². The fourth-order valence-corrected chi connectivity index (χ4v) is 4.38. The lowest BCUT2D eigenvalue weighted by Gasteiger charge is -2.36. The Morgan fingerprint density at radius 2 is 1.88 bits per heavy atom. The molecule has 2 aromatic heterocycles. The van der Waals surface area contributed by atoms with Crippen LogP contribution < -0.4 is 10.5 Å². The summed E-state index contributed by atoms with van der Waals surface area (Å²) in [6.07, 6.45) is 2.05. The van der Waals surface area contributed by atoms with E-state index in [1.807, 2.05) is 35.8 Å². The number of hydrogen-bond acceptors (Lipinski definition) is 5. The molecule has 2 heterocycles. The second-order valence-electron chi connectivity index (χ2n) is 10.4. The van der Waals surface area contributed by atoms with Crippen LogP contribution in [0.2, 0.25) is 18.1 Å². The first-order chi connectivity index (χ1) is 15.9. The minimum atomic E-state index is -1.88. The lowest BCUT2D eigenvalue weighted by molar-refractivity contribution is 0.276. The van der Waals surface area contributed by atoms with Gasteiger partial charge in [0, 0.05) is 5.69 Å². The van der Waals surface area contributed by atoms with Crippen LogP contribution in [0.25, 0.3) is 11.0 Å². The highest BCUT2D eigenvalue weighted by atomic mass is 28.4. The molecule has 0 aliphatic heterocycles. The third-order valence-corrected chi connectivity index (χ3v) is 11.1. The number of benzene rings is 1. The van der Waals surface area contributed by atoms with E-state index in [-0.39, 0.29) is 10.9 Å². The molecule has 34 heavy (non-hydrogen) atoms. The molecule has 0 saturated heterocycles. The van der Waals surface area contributed by atoms with Crippen LogP contribution in [0.5, 0.6) is 5.75 Å². The van der Waals surface area contributed by atoms with Gasteiger partial charge >= 0.3 is 0 Å². The predicted octanol–water partition coefficient (Wildman–Crippen LogP) is 5.77. The molecule has 1 aromatic carbocycles. The fraction of sp³-hybridized carbons (Fsp3) is 0.500. The summed E-state index contributed by atoms with van der Waals surface area (Å²) in [6, 6.07) is 10.0. The zero-order valence-electron chi connectivity index (χ0n) is 21.7. The zero-order valence-corrected chi connectivity index (χ0v) is 22.7. The quantitative estimate of drug-likeness (QED) is 0.166. The van der Waals surface area contributed by atoms with Gasteiger partial charge in [-0.25, -0.2) is 4.98 Å². The van der Waals surface area contributed by atoms with Crippen molar-refractivity contribution in [2.75, 3.05) is 6.61 Å². The van der Waals surface area contributed by atoms with Gasteiger partial charge in [-0.05, 0) is 61.3 Å². The average molecular weight is 482 g/mol. The Morgan fingerprint density at radius 3 is 2.53 bits per heavy atom. The topological polar surface area (TPSA) is 99.0 Å². The Hall–Kier alpha value is -2.71. The standard InChI is InChI=1S/C26H39N5O2Si/c1-8-9-14-32-23-13-10-18(2)29-21(23)16-31-22-15-19(17-33-34(6,7)26(3,4)5)11-12-20(22)30-25(31)24(27)28/h10-13,15H,8-9,14,16-17H2,1-7H3,(H3,27,28). The number of fused-ring (bicyclic) bond motifs is 1. The minimum absolute atomic E-state index is 0.0728. The average Bonchev–Trinajstić information content (AvgIpc) is 3.11. The van der Waals surface area contributed by atoms with E-state index < -0.39 is 8.32 Å². The molecule has 3 rings (SSSR count). The van der Waals surface area contributed by atoms with Crippen molar-refractivity contribution in [2.45, 2.75) is 78.7 Å². The summed E-state index contributed by atoms with van der Waals surface area (Å²) in [6.45, 7) is 17.0. The number of rotatable bonds is 10. The van der Waals surface area contributed by atoms with Gasteiger partial charge in [-0.15, -0.1) is 0 Å². The highest BCUT2D eigenvalue weighted by molar-refractivity contribution is 6.74. The second kappa shape index (κ2) is 10.3. The Bertz CT molecular complexity index is 1160. The van der Waals surface area contributed by atoms with Gasteiger partial charge in [0.15, 0.2) is 20.0 Å². The maximum atomic E-state index is 8.12. The summed E-state index contributed by atoms with van der Waals surface area (Å²) in [7, 11) is -1.88. The van der Waals surface area contributed by atoms with Crippen LogP contribution >= 0.6 is 0 Å². The van der Waals surface area contributed by atoms with Crippen molar-refractivity contribution in [1.29, 1.82) is 5.41 Å². The number of ether oxygens (including phenoxy) is 1. The number of nitrogen functional groups attached to an aromatic ring is 1. The molecule has 3 aromatic rings. The Balaban J connectivity index is 1.98. The number of unbranched alkanes of at least 4 members (excludes halogenated alkanes) is 1. The van der Waals surface area contributed by atoms with Gasteiger partial charge in [0.2, 0.25) is 0 Å². The molecule has 0 spiro atoms. The molecule has 0 radical (unpaired) electrons. The number of nitrogens with two attached hydrogens (primary N) is 1. The number of nitrogens with zero attached hydrogens (tertiary/aromatic N) is 3. The number of nitrogens with one attached hydrogen (secondary N) is 1. The second-order valence-corrected chi connectivity index (χ2v) is 15.2. The molecule has 0 saturated carbocycles. The van der Waals surface area contributed by atoms with Gasteiger partial charge < -0.3 is 19.5 Å². The maximum absolute atomic E-state index is 8.12. The van der Waals surface area contributed by atoms with Crippen LogP contribution in [-0.4, -0.2) is 35.3 Å². The van der Waals surface area contributed by atoms with E-state index in [0.717, 1.165) is 46.6 Å². The molecule has 8 heteroatoms. The Morgan fingerprint density at radius 1 is 1.15 bits per heavy atom. The molecule has 0 amide bonds. The van der Waals surface area contributed by atoms with Crippen molar-refractivity contribution in [3.05, 3.63) is 53.1 Å². The molecule has 7 nitrogen and oxygen atoms in total. The van der Waals surface area contributed by atoms with E-state index in [4.69, 9.17) is 25.3 Å². The molecule has 0 aliphatic rings. The van der Waals surface area contributed by atoms with E-state index >= 15 is 0 Å².